The van der Waals surface area contributed by atoms with Crippen LogP contribution in [0.3, 0.4) is 0 Å². The molecule has 1 aliphatic heterocycles. The van der Waals surface area contributed by atoms with Gasteiger partial charge in [0.2, 0.25) is 5.82 Å². The van der Waals surface area contributed by atoms with E-state index in [1.165, 1.54) is 0 Å². The number of aromatic nitrogens is 2. The zero-order valence-electron chi connectivity index (χ0n) is 26.0. The van der Waals surface area contributed by atoms with Crippen LogP contribution in [0.25, 0.3) is 10.8 Å². The minimum absolute atomic E-state index is 0.0316. The zero-order chi connectivity index (χ0) is 34.4. The number of aliphatic hydroxyl groups is 1. The lowest BCUT2D eigenvalue weighted by atomic mass is 10.1. The number of ether oxygens (including phenoxy) is 2. The van der Waals surface area contributed by atoms with Gasteiger partial charge in [0.15, 0.2) is 0 Å². The summed E-state index contributed by atoms with van der Waals surface area (Å²) in [5.74, 6) is -1.72. The number of H-pyrrole nitrogens is 1. The van der Waals surface area contributed by atoms with Crippen LogP contribution in [0.4, 0.5) is 4.39 Å². The van der Waals surface area contributed by atoms with Gasteiger partial charge < -0.3 is 19.1 Å². The number of fused-ring (bicyclic) bond motifs is 1. The molecule has 2 heterocycles. The smallest absolute Gasteiger partial charge is 0.459 e. The van der Waals surface area contributed by atoms with Crippen LogP contribution in [-0.4, -0.2) is 45.5 Å². The van der Waals surface area contributed by atoms with E-state index in [1.54, 1.807) is 60.7 Å². The lowest BCUT2D eigenvalue weighted by Gasteiger charge is -2.26. The molecule has 4 aromatic carbocycles. The van der Waals surface area contributed by atoms with Crippen LogP contribution in [0, 0.1) is 5.82 Å². The number of carbonyl (C=O) groups excluding carboxylic acids is 1. The van der Waals surface area contributed by atoms with Gasteiger partial charge in [-0.3, -0.25) is 23.7 Å². The first-order valence-electron chi connectivity index (χ1n) is 15.5. The second-order valence-corrected chi connectivity index (χ2v) is 13.1. The maximum atomic E-state index is 14.7. The summed E-state index contributed by atoms with van der Waals surface area (Å²) in [6.45, 7) is -0.555. The number of rotatable bonds is 13. The number of carbonyl (C=O) groups is 1. The molecule has 1 aliphatic rings. The van der Waals surface area contributed by atoms with Crippen molar-refractivity contribution < 1.29 is 37.4 Å². The van der Waals surface area contributed by atoms with Crippen molar-refractivity contribution in [1.82, 2.24) is 14.6 Å². The first-order chi connectivity index (χ1) is 23.7. The fourth-order valence-corrected chi connectivity index (χ4v) is 6.95. The Bertz CT molecular complexity index is 2070. The van der Waals surface area contributed by atoms with Gasteiger partial charge >= 0.3 is 19.4 Å². The topological polar surface area (TPSA) is 158 Å². The van der Waals surface area contributed by atoms with Gasteiger partial charge in [-0.2, -0.15) is 9.48 Å². The van der Waals surface area contributed by atoms with Crippen LogP contribution >= 0.6 is 7.75 Å². The standard InChI is InChI=1S/C35H33FN3O9P/c36-27-20-39(35(43)37-33(27)41)32-19-29(40)31(47-32)22-46-49(44,48-30-17-9-15-25-14-7-8-16-26(25)30)38-28(18-23-10-3-1-4-11-23)34(42)45-21-24-12-5-2-6-13-24/h1-17,20,28-29,31-32,40H,18-19,21-22H2,(H,38,44)(H,37,41,43)/t28-,29-,31+,32+,49?/m0/s1. The number of esters is 1. The van der Waals surface area contributed by atoms with Gasteiger partial charge in [0, 0.05) is 11.8 Å². The molecule has 6 rings (SSSR count). The third kappa shape index (κ3) is 8.40. The summed E-state index contributed by atoms with van der Waals surface area (Å²) < 4.78 is 52.9. The van der Waals surface area contributed by atoms with Crippen molar-refractivity contribution >= 4 is 24.5 Å². The first-order valence-corrected chi connectivity index (χ1v) is 17.0. The molecular weight excluding hydrogens is 656 g/mol. The van der Waals surface area contributed by atoms with E-state index >= 15 is 0 Å². The maximum Gasteiger partial charge on any atom is 0.459 e. The minimum atomic E-state index is -4.50. The van der Waals surface area contributed by atoms with Crippen LogP contribution in [0.15, 0.2) is 119 Å². The Morgan fingerprint density at radius 1 is 0.980 bits per heavy atom. The summed E-state index contributed by atoms with van der Waals surface area (Å²) in [6, 6.07) is 29.4. The fraction of sp³-hybridized carbons (Fsp3) is 0.229. The summed E-state index contributed by atoms with van der Waals surface area (Å²) in [5, 5.41) is 15.0. The average molecular weight is 690 g/mol. The van der Waals surface area contributed by atoms with Gasteiger partial charge in [0.1, 0.15) is 30.7 Å². The van der Waals surface area contributed by atoms with E-state index in [-0.39, 0.29) is 25.2 Å². The van der Waals surface area contributed by atoms with Crippen molar-refractivity contribution in [2.24, 2.45) is 0 Å². The van der Waals surface area contributed by atoms with Gasteiger partial charge in [-0.25, -0.2) is 9.36 Å². The molecule has 1 saturated heterocycles. The summed E-state index contributed by atoms with van der Waals surface area (Å²) in [6.07, 6.45) is -2.97. The summed E-state index contributed by atoms with van der Waals surface area (Å²) in [7, 11) is -4.50. The van der Waals surface area contributed by atoms with Crippen LogP contribution in [-0.2, 0) is 36.4 Å². The van der Waals surface area contributed by atoms with E-state index in [9.17, 15) is 28.4 Å². The molecule has 0 spiro atoms. The third-order valence-corrected chi connectivity index (χ3v) is 9.47. The van der Waals surface area contributed by atoms with Crippen molar-refractivity contribution in [3.63, 3.8) is 0 Å². The minimum Gasteiger partial charge on any atom is -0.460 e. The predicted molar refractivity (Wildman–Crippen MR) is 177 cm³/mol. The van der Waals surface area contributed by atoms with Crippen LogP contribution in [0.2, 0.25) is 0 Å². The lowest BCUT2D eigenvalue weighted by Crippen LogP contribution is -2.40. The normalized spacial score (nSPS) is 19.3. The molecule has 1 aromatic heterocycles. The molecule has 0 saturated carbocycles. The highest BCUT2D eigenvalue weighted by Gasteiger charge is 2.40. The summed E-state index contributed by atoms with van der Waals surface area (Å²) in [4.78, 5) is 39.3. The van der Waals surface area contributed by atoms with Gasteiger partial charge in [-0.1, -0.05) is 97.1 Å². The second-order valence-electron chi connectivity index (χ2n) is 11.4. The Kier molecular flexibility index (Phi) is 10.5. The van der Waals surface area contributed by atoms with E-state index < -0.39 is 61.9 Å². The molecule has 5 aromatic rings. The summed E-state index contributed by atoms with van der Waals surface area (Å²) >= 11 is 0. The lowest BCUT2D eigenvalue weighted by molar-refractivity contribution is -0.147. The number of aliphatic hydroxyl groups excluding tert-OH is 1. The zero-order valence-corrected chi connectivity index (χ0v) is 26.9. The molecule has 0 bridgehead atoms. The molecule has 0 radical (unpaired) electrons. The molecule has 49 heavy (non-hydrogen) atoms. The molecule has 1 unspecified atom stereocenters. The van der Waals surface area contributed by atoms with E-state index in [0.717, 1.165) is 21.1 Å². The highest BCUT2D eigenvalue weighted by atomic mass is 31.2. The van der Waals surface area contributed by atoms with Crippen molar-refractivity contribution in [3.8, 4) is 5.75 Å². The van der Waals surface area contributed by atoms with Crippen molar-refractivity contribution in [3.05, 3.63) is 147 Å². The van der Waals surface area contributed by atoms with Crippen LogP contribution < -0.4 is 20.9 Å². The Morgan fingerprint density at radius 3 is 2.41 bits per heavy atom. The van der Waals surface area contributed by atoms with Gasteiger partial charge in [0.25, 0.3) is 5.56 Å². The van der Waals surface area contributed by atoms with Crippen LogP contribution in [0.5, 0.6) is 5.75 Å². The number of aromatic amines is 1. The second kappa shape index (κ2) is 15.1. The Balaban J connectivity index is 1.27. The Morgan fingerprint density at radius 2 is 1.65 bits per heavy atom. The molecule has 3 N–H and O–H groups in total. The Hall–Kier alpha value is -4.91. The van der Waals surface area contributed by atoms with Gasteiger partial charge in [-0.15, -0.1) is 0 Å². The van der Waals surface area contributed by atoms with Crippen molar-refractivity contribution in [1.29, 1.82) is 0 Å². The number of benzene rings is 4. The Labute approximate surface area is 279 Å². The number of halogens is 1. The van der Waals surface area contributed by atoms with E-state index in [0.29, 0.717) is 11.6 Å². The highest BCUT2D eigenvalue weighted by Crippen LogP contribution is 2.48. The van der Waals surface area contributed by atoms with Crippen LogP contribution in [0.1, 0.15) is 23.8 Å². The van der Waals surface area contributed by atoms with Crippen molar-refractivity contribution in [2.45, 2.75) is 43.9 Å². The van der Waals surface area contributed by atoms with E-state index in [4.69, 9.17) is 18.5 Å². The third-order valence-electron chi connectivity index (χ3n) is 7.92. The van der Waals surface area contributed by atoms with Crippen molar-refractivity contribution in [2.75, 3.05) is 6.61 Å². The highest BCUT2D eigenvalue weighted by molar-refractivity contribution is 7.52. The molecule has 5 atom stereocenters. The SMILES string of the molecule is O=C(OCc1ccccc1)[C@H](Cc1ccccc1)NP(=O)(OC[C@H]1O[C@@H](n2cc(F)c(=O)[nH]c2=O)C[C@@H]1O)Oc1cccc2ccccc12. The van der Waals surface area contributed by atoms with Gasteiger partial charge in [0.05, 0.1) is 18.9 Å². The van der Waals surface area contributed by atoms with E-state index in [2.05, 4.69) is 5.09 Å². The molecule has 254 valence electrons. The predicted octanol–water partition coefficient (Wildman–Crippen LogP) is 4.63. The monoisotopic (exact) mass is 689 g/mol. The number of hydrogen-bond donors (Lipinski definition) is 3. The first kappa shape index (κ1) is 34.0. The fourth-order valence-electron chi connectivity index (χ4n) is 5.43. The molecular formula is C35H33FN3O9P. The summed E-state index contributed by atoms with van der Waals surface area (Å²) in [5.41, 5.74) is -0.632. The number of nitrogens with one attached hydrogen (secondary N) is 2. The number of hydrogen-bond acceptors (Lipinski definition) is 9. The number of nitrogens with zero attached hydrogens (tertiary/aromatic N) is 1. The maximum absolute atomic E-state index is 14.7. The quantitative estimate of drug-likeness (QED) is 0.118. The van der Waals surface area contributed by atoms with Gasteiger partial charge in [-0.05, 0) is 29.0 Å². The largest absolute Gasteiger partial charge is 0.460 e. The molecule has 0 amide bonds. The molecule has 14 heteroatoms. The molecule has 0 aliphatic carbocycles. The molecule has 1 fully saturated rings. The van der Waals surface area contributed by atoms with E-state index in [1.807, 2.05) is 47.4 Å². The average Bonchev–Trinajstić information content (AvgIpc) is 3.48. The molecule has 12 nitrogen and oxygen atoms in total.